The largest absolute Gasteiger partial charge is 0.457 e. The molecular formula is C10H9N2O4S+. The lowest BCUT2D eigenvalue weighted by Gasteiger charge is -1.95. The average Bonchev–Trinajstić information content (AvgIpc) is 2.72. The second kappa shape index (κ2) is 4.46. The molecule has 0 atom stereocenters. The number of fused-ring (bicyclic) bond motifs is 1. The van der Waals surface area contributed by atoms with Crippen molar-refractivity contribution in [3.05, 3.63) is 27.1 Å². The fraction of sp³-hybridized carbons (Fsp3) is 0.200. The van der Waals surface area contributed by atoms with Crippen LogP contribution in [0.2, 0.25) is 0 Å². The van der Waals surface area contributed by atoms with E-state index in [1.54, 1.807) is 12.3 Å². The van der Waals surface area contributed by atoms with Gasteiger partial charge in [-0.3, -0.25) is 4.79 Å². The summed E-state index contributed by atoms with van der Waals surface area (Å²) in [5, 5.41) is 1.82. The first kappa shape index (κ1) is 11.5. The van der Waals surface area contributed by atoms with Crippen molar-refractivity contribution in [2.45, 2.75) is 6.92 Å². The van der Waals surface area contributed by atoms with E-state index in [2.05, 4.69) is 9.97 Å². The van der Waals surface area contributed by atoms with Crippen LogP contribution >= 0.6 is 11.3 Å². The van der Waals surface area contributed by atoms with Crippen LogP contribution in [0.1, 0.15) is 27.9 Å². The Morgan fingerprint density at radius 2 is 2.41 bits per heavy atom. The molecule has 2 rings (SSSR count). The lowest BCUT2D eigenvalue weighted by Crippen LogP contribution is -2.27. The van der Waals surface area contributed by atoms with Gasteiger partial charge in [-0.25, -0.2) is 14.6 Å². The Labute approximate surface area is 99.3 Å². The summed E-state index contributed by atoms with van der Waals surface area (Å²) in [7, 11) is 0. The molecule has 0 saturated carbocycles. The van der Waals surface area contributed by atoms with Gasteiger partial charge in [0, 0.05) is 10.9 Å². The number of esters is 1. The molecule has 0 spiro atoms. The van der Waals surface area contributed by atoms with E-state index in [0.717, 1.165) is 0 Å². The number of rotatable bonds is 3. The van der Waals surface area contributed by atoms with Gasteiger partial charge in [-0.1, -0.05) is 0 Å². The molecule has 0 aliphatic rings. The van der Waals surface area contributed by atoms with Crippen LogP contribution < -0.4 is 10.5 Å². The van der Waals surface area contributed by atoms with Crippen molar-refractivity contribution in [3.63, 3.8) is 0 Å². The van der Waals surface area contributed by atoms with Gasteiger partial charge >= 0.3 is 17.4 Å². The number of carbonyl (C=O) groups excluding carboxylic acids is 2. The van der Waals surface area contributed by atoms with E-state index in [0.29, 0.717) is 16.7 Å². The third kappa shape index (κ3) is 1.96. The monoisotopic (exact) mass is 253 g/mol. The first-order valence-electron chi connectivity index (χ1n) is 4.86. The third-order valence-electron chi connectivity index (χ3n) is 2.13. The summed E-state index contributed by atoms with van der Waals surface area (Å²) in [6.07, 6.45) is 0.603. The molecule has 2 aromatic heterocycles. The number of aromatic amines is 2. The Bertz CT molecular complexity index is 643. The molecule has 7 heteroatoms. The molecule has 0 amide bonds. The highest BCUT2D eigenvalue weighted by atomic mass is 32.1. The lowest BCUT2D eigenvalue weighted by molar-refractivity contribution is -0.353. The second-order valence-electron chi connectivity index (χ2n) is 3.19. The van der Waals surface area contributed by atoms with E-state index in [1.807, 2.05) is 0 Å². The van der Waals surface area contributed by atoms with Crippen LogP contribution in [0, 0.1) is 0 Å². The molecule has 2 heterocycles. The minimum Gasteiger partial charge on any atom is -0.457 e. The van der Waals surface area contributed by atoms with Crippen LogP contribution in [0.15, 0.2) is 10.2 Å². The number of carbonyl (C=O) groups is 2. The predicted octanol–water partition coefficient (Wildman–Crippen LogP) is 0.393. The van der Waals surface area contributed by atoms with E-state index in [1.165, 1.54) is 11.3 Å². The minimum absolute atomic E-state index is 0.0244. The number of H-pyrrole nitrogens is 2. The van der Waals surface area contributed by atoms with Crippen LogP contribution in [0.25, 0.3) is 10.2 Å². The van der Waals surface area contributed by atoms with Crippen molar-refractivity contribution < 1.29 is 19.3 Å². The van der Waals surface area contributed by atoms with Crippen molar-refractivity contribution in [3.8, 4) is 0 Å². The van der Waals surface area contributed by atoms with Gasteiger partial charge < -0.3 is 4.74 Å². The Morgan fingerprint density at radius 3 is 3.06 bits per heavy atom. The molecule has 0 saturated heterocycles. The molecule has 0 fully saturated rings. The number of aromatic nitrogens is 2. The quantitative estimate of drug-likeness (QED) is 0.633. The van der Waals surface area contributed by atoms with Gasteiger partial charge in [0.1, 0.15) is 5.39 Å². The van der Waals surface area contributed by atoms with Gasteiger partial charge in [0.2, 0.25) is 0 Å². The Morgan fingerprint density at radius 1 is 1.65 bits per heavy atom. The topological polar surface area (TPSA) is 90.4 Å². The van der Waals surface area contributed by atoms with Crippen LogP contribution in [0.4, 0.5) is 0 Å². The molecule has 0 aromatic carbocycles. The number of aldehydes is 1. The maximum absolute atomic E-state index is 11.7. The zero-order valence-electron chi connectivity index (χ0n) is 8.90. The standard InChI is InChI=1S/C10H8N2O4S/c1-2-16-10(15)7-11-8(14)6-5(3-13)4-17-9(6)12-7/h3-4H,2H2,1H3,(H,11,12,14)/p+1. The summed E-state index contributed by atoms with van der Waals surface area (Å²) in [6.45, 7) is 1.89. The number of hydrogen-bond donors (Lipinski definition) is 1. The highest BCUT2D eigenvalue weighted by Crippen LogP contribution is 2.16. The Kier molecular flexibility index (Phi) is 3.01. The fourth-order valence-electron chi connectivity index (χ4n) is 1.41. The summed E-state index contributed by atoms with van der Waals surface area (Å²) in [5.74, 6) is -0.656. The number of ether oxygens (including phenoxy) is 1. The molecule has 2 aromatic rings. The third-order valence-corrected chi connectivity index (χ3v) is 3.04. The van der Waals surface area contributed by atoms with Gasteiger partial charge in [-0.2, -0.15) is 4.98 Å². The van der Waals surface area contributed by atoms with E-state index in [9.17, 15) is 14.4 Å². The summed E-state index contributed by atoms with van der Waals surface area (Å²) < 4.78 is 4.76. The van der Waals surface area contributed by atoms with Crippen LogP contribution in [-0.4, -0.2) is 23.8 Å². The summed E-state index contributed by atoms with van der Waals surface area (Å²) in [6, 6.07) is 0. The van der Waals surface area contributed by atoms with Crippen molar-refractivity contribution in [1.82, 2.24) is 4.98 Å². The van der Waals surface area contributed by atoms with Gasteiger partial charge in [-0.15, -0.1) is 11.3 Å². The Balaban J connectivity index is 2.61. The highest BCUT2D eigenvalue weighted by Gasteiger charge is 2.21. The average molecular weight is 253 g/mol. The maximum atomic E-state index is 11.7. The molecule has 6 nitrogen and oxygen atoms in total. The molecule has 88 valence electrons. The zero-order valence-corrected chi connectivity index (χ0v) is 9.72. The lowest BCUT2D eigenvalue weighted by atomic mass is 10.2. The van der Waals surface area contributed by atoms with E-state index < -0.39 is 11.5 Å². The highest BCUT2D eigenvalue weighted by molar-refractivity contribution is 7.16. The predicted molar refractivity (Wildman–Crippen MR) is 60.3 cm³/mol. The van der Waals surface area contributed by atoms with Crippen LogP contribution in [0.3, 0.4) is 0 Å². The van der Waals surface area contributed by atoms with E-state index in [-0.39, 0.29) is 17.8 Å². The molecule has 2 N–H and O–H groups in total. The van der Waals surface area contributed by atoms with Gasteiger partial charge in [0.25, 0.3) is 0 Å². The molecule has 0 aliphatic heterocycles. The SMILES string of the molecule is CCOC(=O)c1[nH]c(=O)c2c(C=O)csc2[nH+]1. The first-order valence-corrected chi connectivity index (χ1v) is 5.74. The fourth-order valence-corrected chi connectivity index (χ4v) is 2.32. The number of hydrogen-bond acceptors (Lipinski definition) is 5. The van der Waals surface area contributed by atoms with Crippen LogP contribution in [0.5, 0.6) is 0 Å². The van der Waals surface area contributed by atoms with Crippen LogP contribution in [-0.2, 0) is 4.74 Å². The smallest absolute Gasteiger partial charge is 0.421 e. The number of thiophene rings is 1. The van der Waals surface area contributed by atoms with Crippen molar-refractivity contribution >= 4 is 33.8 Å². The van der Waals surface area contributed by atoms with Crippen molar-refractivity contribution in [2.75, 3.05) is 6.61 Å². The number of nitrogens with one attached hydrogen (secondary N) is 2. The van der Waals surface area contributed by atoms with E-state index >= 15 is 0 Å². The van der Waals surface area contributed by atoms with Crippen molar-refractivity contribution in [1.29, 1.82) is 0 Å². The van der Waals surface area contributed by atoms with E-state index in [4.69, 9.17) is 4.74 Å². The first-order chi connectivity index (χ1) is 8.17. The summed E-state index contributed by atoms with van der Waals surface area (Å²) in [4.78, 5) is 39.4. The molecule has 0 bridgehead atoms. The van der Waals surface area contributed by atoms with Gasteiger partial charge in [-0.05, 0) is 6.92 Å². The molecule has 0 unspecified atom stereocenters. The second-order valence-corrected chi connectivity index (χ2v) is 4.07. The van der Waals surface area contributed by atoms with Gasteiger partial charge in [0.15, 0.2) is 11.1 Å². The molecule has 0 aliphatic carbocycles. The summed E-state index contributed by atoms with van der Waals surface area (Å²) in [5.41, 5.74) is -0.178. The maximum Gasteiger partial charge on any atom is 0.421 e. The van der Waals surface area contributed by atoms with Crippen molar-refractivity contribution in [2.24, 2.45) is 0 Å². The zero-order chi connectivity index (χ0) is 12.4. The molecular weight excluding hydrogens is 244 g/mol. The molecule has 17 heavy (non-hydrogen) atoms. The normalized spacial score (nSPS) is 10.4. The Hall–Kier alpha value is -2.02. The molecule has 0 radical (unpaired) electrons. The van der Waals surface area contributed by atoms with Gasteiger partial charge in [0.05, 0.1) is 6.61 Å². The summed E-state index contributed by atoms with van der Waals surface area (Å²) >= 11 is 1.19. The minimum atomic E-state index is -0.632.